The van der Waals surface area contributed by atoms with E-state index in [1.54, 1.807) is 76.5 Å². The maximum Gasteiger partial charge on any atom is 0.289 e. The summed E-state index contributed by atoms with van der Waals surface area (Å²) in [6.45, 7) is 7.07. The number of ether oxygens (including phenoxy) is 1. The van der Waals surface area contributed by atoms with E-state index in [4.69, 9.17) is 14.9 Å². The van der Waals surface area contributed by atoms with Gasteiger partial charge in [-0.05, 0) is 60.8 Å². The number of furan rings is 1. The van der Waals surface area contributed by atoms with Crippen molar-refractivity contribution in [1.29, 1.82) is 0 Å². The number of morpholine rings is 1. The van der Waals surface area contributed by atoms with E-state index in [1.807, 2.05) is 0 Å². The van der Waals surface area contributed by atoms with Crippen molar-refractivity contribution in [2.24, 2.45) is 10.7 Å². The molecule has 0 atom stereocenters. The van der Waals surface area contributed by atoms with Gasteiger partial charge >= 0.3 is 0 Å². The number of nitrogens with zero attached hydrogens (tertiary/aromatic N) is 4. The molecule has 2 aliphatic heterocycles. The summed E-state index contributed by atoms with van der Waals surface area (Å²) in [5.41, 5.74) is 7.99. The fourth-order valence-corrected chi connectivity index (χ4v) is 6.32. The van der Waals surface area contributed by atoms with Gasteiger partial charge in [0.05, 0.1) is 30.1 Å². The first-order valence-corrected chi connectivity index (χ1v) is 15.5. The molecule has 3 heterocycles. The Morgan fingerprint density at radius 3 is 2.07 bits per heavy atom. The number of carbonyl (C=O) groups is 2. The number of rotatable bonds is 9. The predicted octanol–water partition coefficient (Wildman–Crippen LogP) is 2.74. The van der Waals surface area contributed by atoms with Gasteiger partial charge in [-0.25, -0.2) is 13.4 Å². The predicted molar refractivity (Wildman–Crippen MR) is 166 cm³/mol. The first-order valence-electron chi connectivity index (χ1n) is 14.1. The van der Waals surface area contributed by atoms with E-state index in [1.165, 1.54) is 16.8 Å². The summed E-state index contributed by atoms with van der Waals surface area (Å²) in [6, 6.07) is 16.7. The second-order valence-electron chi connectivity index (χ2n) is 10.1. The number of benzene rings is 2. The molecule has 0 unspecified atom stereocenters. The Hall–Kier alpha value is -4.72. The Bertz CT molecular complexity index is 1640. The van der Waals surface area contributed by atoms with E-state index >= 15 is 0 Å². The monoisotopic (exact) mass is 618 g/mol. The summed E-state index contributed by atoms with van der Waals surface area (Å²) in [5.74, 6) is 0.310. The molecule has 0 aliphatic carbocycles. The van der Waals surface area contributed by atoms with Gasteiger partial charge in [-0.3, -0.25) is 9.59 Å². The molecular formula is C31H34N6O6S. The van der Waals surface area contributed by atoms with Crippen molar-refractivity contribution < 1.29 is 27.2 Å². The topological polar surface area (TPSA) is 151 Å². The van der Waals surface area contributed by atoms with E-state index < -0.39 is 10.0 Å². The molecule has 2 aromatic carbocycles. The minimum absolute atomic E-state index is 0.118. The summed E-state index contributed by atoms with van der Waals surface area (Å²) in [6.07, 6.45) is 4.41. The van der Waals surface area contributed by atoms with Crippen LogP contribution in [0.1, 0.15) is 26.5 Å². The SMILES string of the molecule is C=C(/N=C(\C=C/N)c1ccc(S(=O)(=O)N2CCOCC2)cc1)Nc1ccc(C(=O)N2CCN(C(=O)c3ccco3)CC2)cc1. The smallest absolute Gasteiger partial charge is 0.289 e. The highest BCUT2D eigenvalue weighted by Gasteiger charge is 2.27. The van der Waals surface area contributed by atoms with Crippen molar-refractivity contribution >= 4 is 33.2 Å². The lowest BCUT2D eigenvalue weighted by atomic mass is 10.1. The molecule has 3 aromatic rings. The number of carbonyl (C=O) groups excluding carboxylic acids is 2. The molecule has 5 rings (SSSR count). The van der Waals surface area contributed by atoms with Crippen LogP contribution in [0.25, 0.3) is 0 Å². The molecule has 2 saturated heterocycles. The van der Waals surface area contributed by atoms with Gasteiger partial charge in [0, 0.05) is 56.1 Å². The Labute approximate surface area is 256 Å². The first-order chi connectivity index (χ1) is 21.3. The maximum absolute atomic E-state index is 13.1. The lowest BCUT2D eigenvalue weighted by Gasteiger charge is -2.34. The average molecular weight is 619 g/mol. The van der Waals surface area contributed by atoms with Gasteiger partial charge in [-0.15, -0.1) is 0 Å². The molecule has 0 radical (unpaired) electrons. The van der Waals surface area contributed by atoms with Gasteiger partial charge in [-0.2, -0.15) is 4.31 Å². The van der Waals surface area contributed by atoms with Crippen LogP contribution >= 0.6 is 0 Å². The summed E-state index contributed by atoms with van der Waals surface area (Å²) >= 11 is 0. The third kappa shape index (κ3) is 7.08. The normalized spacial score (nSPS) is 16.7. The molecule has 1 aromatic heterocycles. The van der Waals surface area contributed by atoms with Crippen LogP contribution in [0, 0.1) is 0 Å². The van der Waals surface area contributed by atoms with Crippen molar-refractivity contribution in [3.05, 3.63) is 108 Å². The lowest BCUT2D eigenvalue weighted by Crippen LogP contribution is -2.50. The second-order valence-corrected chi connectivity index (χ2v) is 12.0. The summed E-state index contributed by atoms with van der Waals surface area (Å²) in [7, 11) is -3.62. The fraction of sp³-hybridized carbons (Fsp3) is 0.258. The van der Waals surface area contributed by atoms with Crippen LogP contribution in [0.4, 0.5) is 5.69 Å². The number of hydrogen-bond acceptors (Lipinski definition) is 9. The number of piperazine rings is 1. The minimum Gasteiger partial charge on any atom is -0.459 e. The molecule has 230 valence electrons. The molecule has 0 bridgehead atoms. The maximum atomic E-state index is 13.1. The van der Waals surface area contributed by atoms with Crippen LogP contribution in [0.3, 0.4) is 0 Å². The second kappa shape index (κ2) is 13.7. The van der Waals surface area contributed by atoms with E-state index in [0.29, 0.717) is 80.8 Å². The number of nitrogens with one attached hydrogen (secondary N) is 1. The van der Waals surface area contributed by atoms with Gasteiger partial charge in [-0.1, -0.05) is 18.7 Å². The molecule has 2 aliphatic rings. The average Bonchev–Trinajstić information content (AvgIpc) is 3.60. The van der Waals surface area contributed by atoms with Gasteiger partial charge in [0.25, 0.3) is 11.8 Å². The van der Waals surface area contributed by atoms with E-state index in [9.17, 15) is 18.0 Å². The number of allylic oxidation sites excluding steroid dienone is 1. The largest absolute Gasteiger partial charge is 0.459 e. The third-order valence-electron chi connectivity index (χ3n) is 7.27. The molecule has 44 heavy (non-hydrogen) atoms. The zero-order valence-electron chi connectivity index (χ0n) is 24.1. The Morgan fingerprint density at radius 1 is 0.864 bits per heavy atom. The Morgan fingerprint density at radius 2 is 1.48 bits per heavy atom. The number of anilines is 1. The van der Waals surface area contributed by atoms with Gasteiger partial charge in [0.15, 0.2) is 5.76 Å². The van der Waals surface area contributed by atoms with Crippen molar-refractivity contribution in [2.75, 3.05) is 57.8 Å². The number of nitrogens with two attached hydrogens (primary N) is 1. The minimum atomic E-state index is -3.62. The van der Waals surface area contributed by atoms with Crippen molar-refractivity contribution in [1.82, 2.24) is 14.1 Å². The molecule has 0 spiro atoms. The number of amides is 2. The van der Waals surface area contributed by atoms with Crippen LogP contribution < -0.4 is 11.1 Å². The molecule has 13 heteroatoms. The Kier molecular flexibility index (Phi) is 9.58. The van der Waals surface area contributed by atoms with E-state index in [2.05, 4.69) is 16.9 Å². The van der Waals surface area contributed by atoms with Crippen molar-refractivity contribution in [2.45, 2.75) is 4.90 Å². The van der Waals surface area contributed by atoms with Crippen LogP contribution in [-0.2, 0) is 14.8 Å². The van der Waals surface area contributed by atoms with Gasteiger partial charge in [0.1, 0.15) is 5.82 Å². The van der Waals surface area contributed by atoms with Crippen molar-refractivity contribution in [3.8, 4) is 0 Å². The highest BCUT2D eigenvalue weighted by Crippen LogP contribution is 2.20. The van der Waals surface area contributed by atoms with E-state index in [0.717, 1.165) is 0 Å². The zero-order chi connectivity index (χ0) is 31.1. The van der Waals surface area contributed by atoms with Crippen LogP contribution in [0.2, 0.25) is 0 Å². The first kappa shape index (κ1) is 30.7. The van der Waals surface area contributed by atoms with Gasteiger partial charge in [0.2, 0.25) is 10.0 Å². The third-order valence-corrected chi connectivity index (χ3v) is 9.19. The summed E-state index contributed by atoms with van der Waals surface area (Å²) < 4.78 is 37.8. The molecule has 2 fully saturated rings. The summed E-state index contributed by atoms with van der Waals surface area (Å²) in [5, 5.41) is 3.11. The standard InChI is InChI=1S/C31H34N6O6S/c1-23(34-28(12-13-32)24-6-10-27(11-7-24)44(40,41)37-18-21-42-22-19-37)33-26-8-4-25(5-9-26)30(38)35-14-16-36(17-15-35)31(39)29-3-2-20-43-29/h2-13,20,33H,1,14-19,21-22,32H2/b13-12-,34-28+. The number of hydrogen-bond donors (Lipinski definition) is 2. The zero-order valence-corrected chi connectivity index (χ0v) is 24.9. The quantitative estimate of drug-likeness (QED) is 0.348. The highest BCUT2D eigenvalue weighted by atomic mass is 32.2. The molecule has 2 amide bonds. The van der Waals surface area contributed by atoms with Gasteiger partial charge < -0.3 is 30.0 Å². The van der Waals surface area contributed by atoms with Crippen molar-refractivity contribution in [3.63, 3.8) is 0 Å². The fourth-order valence-electron chi connectivity index (χ4n) is 4.91. The van der Waals surface area contributed by atoms with Crippen LogP contribution in [0.5, 0.6) is 0 Å². The van der Waals surface area contributed by atoms with Crippen LogP contribution in [0.15, 0.2) is 106 Å². The molecule has 12 nitrogen and oxygen atoms in total. The number of sulfonamides is 1. The lowest BCUT2D eigenvalue weighted by molar-refractivity contribution is 0.0518. The molecule has 0 saturated carbocycles. The highest BCUT2D eigenvalue weighted by molar-refractivity contribution is 7.89. The summed E-state index contributed by atoms with van der Waals surface area (Å²) in [4.78, 5) is 33.7. The molecule has 3 N–H and O–H groups in total. The number of aliphatic imine (C=N–C) groups is 1. The Balaban J connectivity index is 1.18. The molecular weight excluding hydrogens is 584 g/mol. The van der Waals surface area contributed by atoms with E-state index in [-0.39, 0.29) is 22.5 Å². The van der Waals surface area contributed by atoms with Crippen LogP contribution in [-0.4, -0.2) is 92.5 Å².